The van der Waals surface area contributed by atoms with Crippen LogP contribution >= 0.6 is 11.3 Å². The van der Waals surface area contributed by atoms with Crippen LogP contribution in [0.5, 0.6) is 0 Å². The molecule has 0 bridgehead atoms. The van der Waals surface area contributed by atoms with Crippen molar-refractivity contribution in [1.82, 2.24) is 15.2 Å². The highest BCUT2D eigenvalue weighted by atomic mass is 32.1. The molecule has 2 heterocycles. The Morgan fingerprint density at radius 2 is 1.84 bits per heavy atom. The molecule has 2 aromatic heterocycles. The van der Waals surface area contributed by atoms with Gasteiger partial charge in [0.05, 0.1) is 23.3 Å². The Balaban J connectivity index is 1.47. The molecule has 32 heavy (non-hydrogen) atoms. The predicted molar refractivity (Wildman–Crippen MR) is 124 cm³/mol. The van der Waals surface area contributed by atoms with Crippen LogP contribution in [0.2, 0.25) is 0 Å². The molecular weight excluding hydrogens is 424 g/mol. The number of rotatable bonds is 7. The number of hydrogen-bond donors (Lipinski definition) is 1. The molecule has 0 saturated heterocycles. The van der Waals surface area contributed by atoms with Crippen LogP contribution in [-0.4, -0.2) is 27.1 Å². The van der Waals surface area contributed by atoms with Crippen molar-refractivity contribution in [2.75, 3.05) is 4.90 Å². The first-order chi connectivity index (χ1) is 15.6. The third-order valence-electron chi connectivity index (χ3n) is 4.92. The van der Waals surface area contributed by atoms with Crippen LogP contribution in [-0.2, 0) is 22.6 Å². The van der Waals surface area contributed by atoms with E-state index >= 15 is 0 Å². The number of thiazole rings is 1. The van der Waals surface area contributed by atoms with E-state index in [9.17, 15) is 9.59 Å². The van der Waals surface area contributed by atoms with E-state index in [4.69, 9.17) is 4.74 Å². The number of aryl methyl sites for hydroxylation is 1. The number of hydrogen-bond acceptors (Lipinski definition) is 6. The van der Waals surface area contributed by atoms with Crippen molar-refractivity contribution in [1.29, 1.82) is 0 Å². The normalized spacial score (nSPS) is 10.7. The number of nitrogens with one attached hydrogen (secondary N) is 1. The standard InChI is InChI=1S/C24H22N4O3S/c1-3-17-9-11-20(12-10-17)28(16(2)29)24-26-19(15-32-24)14-31-23(30)21-13-25-27-22(21)18-7-5-4-6-8-18/h4-13,15H,3,14H2,1-2H3,(H,25,27). The minimum absolute atomic E-state index is 0.00470. The molecular formula is C24H22N4O3S. The van der Waals surface area contributed by atoms with Crippen molar-refractivity contribution in [3.05, 3.63) is 83.0 Å². The highest BCUT2D eigenvalue weighted by Crippen LogP contribution is 2.30. The number of carbonyl (C=O) groups is 2. The second-order valence-corrected chi connectivity index (χ2v) is 7.93. The third kappa shape index (κ3) is 4.60. The molecule has 7 nitrogen and oxygen atoms in total. The van der Waals surface area contributed by atoms with Gasteiger partial charge in [-0.25, -0.2) is 9.78 Å². The van der Waals surface area contributed by atoms with E-state index in [0.29, 0.717) is 22.1 Å². The molecule has 4 rings (SSSR count). The number of H-pyrrole nitrogens is 1. The molecule has 0 spiro atoms. The van der Waals surface area contributed by atoms with Gasteiger partial charge in [0.25, 0.3) is 0 Å². The van der Waals surface area contributed by atoms with Gasteiger partial charge in [0.15, 0.2) is 5.13 Å². The van der Waals surface area contributed by atoms with Gasteiger partial charge >= 0.3 is 5.97 Å². The lowest BCUT2D eigenvalue weighted by Gasteiger charge is -2.18. The second-order valence-electron chi connectivity index (χ2n) is 7.10. The van der Waals surface area contributed by atoms with E-state index in [0.717, 1.165) is 17.7 Å². The van der Waals surface area contributed by atoms with Gasteiger partial charge in [0.2, 0.25) is 5.91 Å². The van der Waals surface area contributed by atoms with Gasteiger partial charge in [0, 0.05) is 17.9 Å². The lowest BCUT2D eigenvalue weighted by Crippen LogP contribution is -2.22. The molecule has 0 unspecified atom stereocenters. The number of amides is 1. The first-order valence-electron chi connectivity index (χ1n) is 10.2. The number of aromatic amines is 1. The van der Waals surface area contributed by atoms with Crippen LogP contribution in [0.4, 0.5) is 10.8 Å². The molecule has 4 aromatic rings. The summed E-state index contributed by atoms with van der Waals surface area (Å²) in [5.74, 6) is -0.635. The molecule has 0 aliphatic carbocycles. The fourth-order valence-corrected chi connectivity index (χ4v) is 4.13. The molecule has 2 aromatic carbocycles. The lowest BCUT2D eigenvalue weighted by atomic mass is 10.1. The van der Waals surface area contributed by atoms with Crippen LogP contribution < -0.4 is 4.90 Å². The summed E-state index contributed by atoms with van der Waals surface area (Å²) in [4.78, 5) is 31.0. The number of anilines is 2. The van der Waals surface area contributed by atoms with Gasteiger partial charge in [-0.2, -0.15) is 5.10 Å². The molecule has 0 aliphatic rings. The minimum Gasteiger partial charge on any atom is -0.455 e. The highest BCUT2D eigenvalue weighted by molar-refractivity contribution is 7.14. The van der Waals surface area contributed by atoms with Crippen LogP contribution in [0.15, 0.2) is 66.2 Å². The molecule has 8 heteroatoms. The fraction of sp³-hybridized carbons (Fsp3) is 0.167. The minimum atomic E-state index is -0.495. The summed E-state index contributed by atoms with van der Waals surface area (Å²) in [5.41, 5.74) is 4.32. The van der Waals surface area contributed by atoms with E-state index in [1.807, 2.05) is 54.6 Å². The Morgan fingerprint density at radius 3 is 2.53 bits per heavy atom. The number of ether oxygens (including phenoxy) is 1. The average molecular weight is 447 g/mol. The largest absolute Gasteiger partial charge is 0.455 e. The zero-order valence-corrected chi connectivity index (χ0v) is 18.6. The summed E-state index contributed by atoms with van der Waals surface area (Å²) >= 11 is 1.32. The van der Waals surface area contributed by atoms with Crippen molar-refractivity contribution in [3.8, 4) is 11.3 Å². The van der Waals surface area contributed by atoms with Crippen molar-refractivity contribution < 1.29 is 14.3 Å². The van der Waals surface area contributed by atoms with Crippen LogP contribution in [0.25, 0.3) is 11.3 Å². The Labute approximate surface area is 189 Å². The zero-order chi connectivity index (χ0) is 22.5. The van der Waals surface area contributed by atoms with Crippen LogP contribution in [0.1, 0.15) is 35.5 Å². The number of aromatic nitrogens is 3. The summed E-state index contributed by atoms with van der Waals surface area (Å²) in [6.07, 6.45) is 2.38. The monoisotopic (exact) mass is 446 g/mol. The fourth-order valence-electron chi connectivity index (χ4n) is 3.26. The molecule has 162 valence electrons. The Morgan fingerprint density at radius 1 is 1.09 bits per heavy atom. The van der Waals surface area contributed by atoms with Gasteiger partial charge in [-0.15, -0.1) is 11.3 Å². The molecule has 0 fully saturated rings. The van der Waals surface area contributed by atoms with E-state index in [1.165, 1.54) is 30.0 Å². The molecule has 0 atom stereocenters. The Bertz CT molecular complexity index is 1220. The maximum absolute atomic E-state index is 12.6. The second kappa shape index (κ2) is 9.57. The smallest absolute Gasteiger partial charge is 0.342 e. The van der Waals surface area contributed by atoms with Crippen molar-refractivity contribution >= 4 is 34.0 Å². The quantitative estimate of drug-likeness (QED) is 0.397. The SMILES string of the molecule is CCc1ccc(N(C(C)=O)c2nc(COC(=O)c3cn[nH]c3-c3ccccc3)cs2)cc1. The zero-order valence-electron chi connectivity index (χ0n) is 17.7. The molecule has 0 saturated carbocycles. The molecule has 0 radical (unpaired) electrons. The summed E-state index contributed by atoms with van der Waals surface area (Å²) in [6.45, 7) is 3.58. The molecule has 0 aliphatic heterocycles. The van der Waals surface area contributed by atoms with Gasteiger partial charge in [0.1, 0.15) is 12.2 Å². The summed E-state index contributed by atoms with van der Waals surface area (Å²) < 4.78 is 5.47. The Kier molecular flexibility index (Phi) is 6.42. The van der Waals surface area contributed by atoms with E-state index in [-0.39, 0.29) is 12.5 Å². The molecule has 1 amide bonds. The summed E-state index contributed by atoms with van der Waals surface area (Å²) in [5, 5.41) is 9.15. The topological polar surface area (TPSA) is 88.2 Å². The first kappa shape index (κ1) is 21.5. The third-order valence-corrected chi connectivity index (χ3v) is 5.80. The van der Waals surface area contributed by atoms with E-state index in [2.05, 4.69) is 22.1 Å². The van der Waals surface area contributed by atoms with Gasteiger partial charge in [-0.1, -0.05) is 49.4 Å². The van der Waals surface area contributed by atoms with Gasteiger partial charge in [-0.05, 0) is 24.1 Å². The predicted octanol–water partition coefficient (Wildman–Crippen LogP) is 5.14. The van der Waals surface area contributed by atoms with Gasteiger partial charge in [-0.3, -0.25) is 14.8 Å². The number of nitrogens with zero attached hydrogens (tertiary/aromatic N) is 3. The maximum Gasteiger partial charge on any atom is 0.342 e. The first-order valence-corrected chi connectivity index (χ1v) is 11.0. The Hall–Kier alpha value is -3.78. The summed E-state index contributed by atoms with van der Waals surface area (Å²) in [6, 6.07) is 17.3. The van der Waals surface area contributed by atoms with Crippen LogP contribution in [0.3, 0.4) is 0 Å². The summed E-state index contributed by atoms with van der Waals surface area (Å²) in [7, 11) is 0. The number of carbonyl (C=O) groups excluding carboxylic acids is 2. The molecule has 1 N–H and O–H groups in total. The maximum atomic E-state index is 12.6. The van der Waals surface area contributed by atoms with Crippen molar-refractivity contribution in [2.45, 2.75) is 26.9 Å². The van der Waals surface area contributed by atoms with Crippen molar-refractivity contribution in [3.63, 3.8) is 0 Å². The lowest BCUT2D eigenvalue weighted by molar-refractivity contribution is -0.115. The van der Waals surface area contributed by atoms with E-state index in [1.54, 1.807) is 10.3 Å². The van der Waals surface area contributed by atoms with Crippen LogP contribution in [0, 0.1) is 0 Å². The van der Waals surface area contributed by atoms with Gasteiger partial charge < -0.3 is 4.74 Å². The highest BCUT2D eigenvalue weighted by Gasteiger charge is 2.20. The van der Waals surface area contributed by atoms with E-state index < -0.39 is 5.97 Å². The number of benzene rings is 2. The average Bonchev–Trinajstić information content (AvgIpc) is 3.49. The number of esters is 1. The van der Waals surface area contributed by atoms with Crippen molar-refractivity contribution in [2.24, 2.45) is 0 Å².